The van der Waals surface area contributed by atoms with E-state index in [0.29, 0.717) is 6.42 Å². The second kappa shape index (κ2) is 5.40. The Labute approximate surface area is 112 Å². The van der Waals surface area contributed by atoms with Crippen molar-refractivity contribution in [1.29, 1.82) is 0 Å². The van der Waals surface area contributed by atoms with Crippen molar-refractivity contribution in [3.8, 4) is 0 Å². The van der Waals surface area contributed by atoms with Crippen LogP contribution >= 0.6 is 0 Å². The van der Waals surface area contributed by atoms with Crippen LogP contribution in [0.4, 0.5) is 0 Å². The first-order valence-electron chi connectivity index (χ1n) is 6.62. The minimum Gasteiger partial charge on any atom is -0.382 e. The molecule has 1 aromatic rings. The number of carbonyl (C=O) groups excluding carboxylic acids is 1. The Bertz CT molecular complexity index is 481. The lowest BCUT2D eigenvalue weighted by Gasteiger charge is -2.28. The highest BCUT2D eigenvalue weighted by Gasteiger charge is 2.32. The molecule has 0 bridgehead atoms. The van der Waals surface area contributed by atoms with Crippen LogP contribution in [0, 0.1) is 0 Å². The zero-order valence-corrected chi connectivity index (χ0v) is 10.7. The molecule has 1 amide bonds. The summed E-state index contributed by atoms with van der Waals surface area (Å²) in [6.45, 7) is 3.20. The first kappa shape index (κ1) is 12.2. The van der Waals surface area contributed by atoms with E-state index in [4.69, 9.17) is 4.84 Å². The molecule has 1 fully saturated rings. The molecule has 1 unspecified atom stereocenters. The third-order valence-electron chi connectivity index (χ3n) is 3.48. The predicted molar refractivity (Wildman–Crippen MR) is 71.9 cm³/mol. The molecule has 2 aliphatic rings. The highest BCUT2D eigenvalue weighted by Crippen LogP contribution is 2.18. The van der Waals surface area contributed by atoms with Gasteiger partial charge in [0.05, 0.1) is 5.71 Å². The van der Waals surface area contributed by atoms with Gasteiger partial charge in [-0.1, -0.05) is 35.5 Å². The first-order valence-corrected chi connectivity index (χ1v) is 6.62. The lowest BCUT2D eigenvalue weighted by atomic mass is 10.0. The number of rotatable bonds is 2. The molecule has 19 heavy (non-hydrogen) atoms. The van der Waals surface area contributed by atoms with Gasteiger partial charge in [0.2, 0.25) is 6.10 Å². The minimum absolute atomic E-state index is 0.0520. The molecule has 1 atom stereocenters. The van der Waals surface area contributed by atoms with Gasteiger partial charge >= 0.3 is 0 Å². The van der Waals surface area contributed by atoms with Crippen molar-refractivity contribution < 1.29 is 9.63 Å². The number of nitrogens with one attached hydrogen (secondary N) is 1. The number of nitrogens with zero attached hydrogens (tertiary/aromatic N) is 2. The Balaban J connectivity index is 1.63. The van der Waals surface area contributed by atoms with Crippen LogP contribution in [0.15, 0.2) is 35.5 Å². The van der Waals surface area contributed by atoms with Crippen molar-refractivity contribution in [3.05, 3.63) is 35.9 Å². The van der Waals surface area contributed by atoms with Gasteiger partial charge in [0.1, 0.15) is 0 Å². The van der Waals surface area contributed by atoms with Crippen molar-refractivity contribution in [2.75, 3.05) is 26.2 Å². The van der Waals surface area contributed by atoms with Crippen molar-refractivity contribution in [2.45, 2.75) is 12.5 Å². The van der Waals surface area contributed by atoms with E-state index in [9.17, 15) is 4.79 Å². The zero-order valence-electron chi connectivity index (χ0n) is 10.7. The molecule has 0 aromatic heterocycles. The van der Waals surface area contributed by atoms with E-state index in [1.54, 1.807) is 0 Å². The molecule has 0 radical (unpaired) electrons. The maximum Gasteiger partial charge on any atom is 0.266 e. The second-order valence-electron chi connectivity index (χ2n) is 4.78. The summed E-state index contributed by atoms with van der Waals surface area (Å²) in [6.07, 6.45) is 0.112. The van der Waals surface area contributed by atoms with Crippen LogP contribution in [0.2, 0.25) is 0 Å². The summed E-state index contributed by atoms with van der Waals surface area (Å²) in [4.78, 5) is 19.4. The van der Waals surface area contributed by atoms with Crippen LogP contribution in [0.3, 0.4) is 0 Å². The first-order chi connectivity index (χ1) is 9.34. The van der Waals surface area contributed by atoms with Crippen LogP contribution < -0.4 is 5.32 Å². The van der Waals surface area contributed by atoms with Gasteiger partial charge in [-0.3, -0.25) is 4.79 Å². The van der Waals surface area contributed by atoms with Gasteiger partial charge in [-0.2, -0.15) is 0 Å². The van der Waals surface area contributed by atoms with E-state index in [1.165, 1.54) is 0 Å². The maximum absolute atomic E-state index is 12.3. The number of hydrogen-bond acceptors (Lipinski definition) is 4. The van der Waals surface area contributed by atoms with Crippen LogP contribution in [0.1, 0.15) is 12.0 Å². The number of amides is 1. The molecule has 2 aliphatic heterocycles. The van der Waals surface area contributed by atoms with Crippen molar-refractivity contribution in [1.82, 2.24) is 10.2 Å². The molecule has 3 rings (SSSR count). The largest absolute Gasteiger partial charge is 0.382 e. The van der Waals surface area contributed by atoms with Gasteiger partial charge in [0.25, 0.3) is 5.91 Å². The third-order valence-corrected chi connectivity index (χ3v) is 3.48. The molecule has 2 heterocycles. The van der Waals surface area contributed by atoms with E-state index in [2.05, 4.69) is 10.5 Å². The van der Waals surface area contributed by atoms with Crippen LogP contribution in [-0.2, 0) is 9.63 Å². The van der Waals surface area contributed by atoms with Crippen molar-refractivity contribution in [3.63, 3.8) is 0 Å². The average Bonchev–Trinajstić information content (AvgIpc) is 2.98. The van der Waals surface area contributed by atoms with Gasteiger partial charge in [0.15, 0.2) is 0 Å². The van der Waals surface area contributed by atoms with Crippen molar-refractivity contribution >= 4 is 11.6 Å². The standard InChI is InChI=1S/C14H17N3O2/c18-14(17-8-6-15-7-9-17)13-10-12(16-19-13)11-4-2-1-3-5-11/h1-5,13,15H,6-10H2. The molecular weight excluding hydrogens is 242 g/mol. The summed E-state index contributed by atoms with van der Waals surface area (Å²) >= 11 is 0. The second-order valence-corrected chi connectivity index (χ2v) is 4.78. The summed E-state index contributed by atoms with van der Waals surface area (Å²) in [5, 5.41) is 7.29. The van der Waals surface area contributed by atoms with Gasteiger partial charge in [-0.15, -0.1) is 0 Å². The monoisotopic (exact) mass is 259 g/mol. The summed E-state index contributed by atoms with van der Waals surface area (Å²) in [6, 6.07) is 9.86. The third kappa shape index (κ3) is 2.61. The number of oxime groups is 1. The fourth-order valence-corrected chi connectivity index (χ4v) is 2.40. The summed E-state index contributed by atoms with van der Waals surface area (Å²) in [7, 11) is 0. The molecule has 100 valence electrons. The number of hydrogen-bond donors (Lipinski definition) is 1. The Kier molecular flexibility index (Phi) is 3.46. The summed E-state index contributed by atoms with van der Waals surface area (Å²) < 4.78 is 0. The van der Waals surface area contributed by atoms with Crippen LogP contribution in [-0.4, -0.2) is 48.8 Å². The smallest absolute Gasteiger partial charge is 0.266 e. The Morgan fingerprint density at radius 2 is 2.00 bits per heavy atom. The molecule has 0 saturated carbocycles. The highest BCUT2D eigenvalue weighted by molar-refractivity contribution is 6.04. The number of carbonyl (C=O) groups is 1. The predicted octanol–water partition coefficient (Wildman–Crippen LogP) is 0.611. The highest BCUT2D eigenvalue weighted by atomic mass is 16.6. The lowest BCUT2D eigenvalue weighted by Crippen LogP contribution is -2.49. The Morgan fingerprint density at radius 1 is 1.26 bits per heavy atom. The molecule has 0 aliphatic carbocycles. The number of benzene rings is 1. The lowest BCUT2D eigenvalue weighted by molar-refractivity contribution is -0.142. The number of piperazine rings is 1. The van der Waals surface area contributed by atoms with E-state index in [-0.39, 0.29) is 5.91 Å². The topological polar surface area (TPSA) is 53.9 Å². The van der Waals surface area contributed by atoms with Gasteiger partial charge in [-0.05, 0) is 5.56 Å². The zero-order chi connectivity index (χ0) is 13.1. The van der Waals surface area contributed by atoms with Gasteiger partial charge in [-0.25, -0.2) is 0 Å². The molecule has 5 nitrogen and oxygen atoms in total. The van der Waals surface area contributed by atoms with Crippen molar-refractivity contribution in [2.24, 2.45) is 5.16 Å². The summed E-state index contributed by atoms with van der Waals surface area (Å²) in [5.41, 5.74) is 1.88. The van der Waals surface area contributed by atoms with E-state index in [0.717, 1.165) is 37.5 Å². The molecule has 1 saturated heterocycles. The normalized spacial score (nSPS) is 22.8. The minimum atomic E-state index is -0.451. The fourth-order valence-electron chi connectivity index (χ4n) is 2.40. The Morgan fingerprint density at radius 3 is 2.74 bits per heavy atom. The fraction of sp³-hybridized carbons (Fsp3) is 0.429. The van der Waals surface area contributed by atoms with E-state index in [1.807, 2.05) is 35.2 Å². The molecule has 5 heteroatoms. The maximum atomic E-state index is 12.3. The molecule has 1 aromatic carbocycles. The van der Waals surface area contributed by atoms with Crippen LogP contribution in [0.5, 0.6) is 0 Å². The van der Waals surface area contributed by atoms with E-state index >= 15 is 0 Å². The quantitative estimate of drug-likeness (QED) is 0.846. The molecule has 0 spiro atoms. The molecular formula is C14H17N3O2. The molecule has 1 N–H and O–H groups in total. The van der Waals surface area contributed by atoms with Crippen LogP contribution in [0.25, 0.3) is 0 Å². The SMILES string of the molecule is O=C(C1CC(c2ccccc2)=NO1)N1CCNCC1. The average molecular weight is 259 g/mol. The summed E-state index contributed by atoms with van der Waals surface area (Å²) in [5.74, 6) is 0.0520. The Hall–Kier alpha value is -1.88. The van der Waals surface area contributed by atoms with Gasteiger partial charge < -0.3 is 15.1 Å². The van der Waals surface area contributed by atoms with Gasteiger partial charge in [0, 0.05) is 32.6 Å². The van der Waals surface area contributed by atoms with E-state index < -0.39 is 6.10 Å².